The van der Waals surface area contributed by atoms with Gasteiger partial charge >= 0.3 is 0 Å². The molecule has 0 N–H and O–H groups in total. The summed E-state index contributed by atoms with van der Waals surface area (Å²) in [6, 6.07) is 56.0. The van der Waals surface area contributed by atoms with Crippen molar-refractivity contribution in [2.75, 3.05) is 0 Å². The van der Waals surface area contributed by atoms with Gasteiger partial charge in [-0.05, 0) is 65.8 Å². The number of aromatic nitrogens is 5. The molecule has 2 atom stereocenters. The Morgan fingerprint density at radius 1 is 0.303 bits per heavy atom. The van der Waals surface area contributed by atoms with E-state index in [4.69, 9.17) is 19.1 Å². The average molecular weight is 1010 g/mol. The van der Waals surface area contributed by atoms with E-state index in [1.54, 1.807) is 0 Å². The first-order valence-corrected chi connectivity index (χ1v) is 29.1. The highest BCUT2D eigenvalue weighted by Gasteiger charge is 2.49. The van der Waals surface area contributed by atoms with Crippen LogP contribution in [0.4, 0.5) is 0 Å². The van der Waals surface area contributed by atoms with Gasteiger partial charge in [-0.2, -0.15) is 0 Å². The van der Waals surface area contributed by atoms with Crippen LogP contribution >= 0.6 is 0 Å². The molecule has 0 saturated carbocycles. The molecule has 5 heterocycles. The van der Waals surface area contributed by atoms with Crippen molar-refractivity contribution in [3.8, 4) is 45.5 Å². The zero-order valence-corrected chi connectivity index (χ0v) is 42.2. The number of nitrogens with zero attached hydrogens (tertiary/aromatic N) is 5. The Balaban J connectivity index is 1.04. The monoisotopic (exact) mass is 1010 g/mol. The van der Waals surface area contributed by atoms with Gasteiger partial charge < -0.3 is 9.13 Å². The maximum absolute atomic E-state index is 10.8. The fourth-order valence-electron chi connectivity index (χ4n) is 12.6. The topological polar surface area (TPSA) is 48.5 Å². The van der Waals surface area contributed by atoms with Gasteiger partial charge in [-0.3, -0.25) is 0 Å². The Kier molecular flexibility index (Phi) is 6.92. The van der Waals surface area contributed by atoms with E-state index in [-0.39, 0.29) is 45.7 Å². The molecular formula is C69H45N5Si2. The van der Waals surface area contributed by atoms with Crippen LogP contribution in [0.25, 0.3) is 89.2 Å². The second kappa shape index (κ2) is 16.5. The smallest absolute Gasteiger partial charge is 0.184 e. The highest BCUT2D eigenvalue weighted by molar-refractivity contribution is 7.22. The molecule has 76 heavy (non-hydrogen) atoms. The van der Waals surface area contributed by atoms with Crippen molar-refractivity contribution in [1.82, 2.24) is 24.1 Å². The summed E-state index contributed by atoms with van der Waals surface area (Å²) in [6.45, 7) is 0. The summed E-state index contributed by atoms with van der Waals surface area (Å²) in [5.41, 5.74) is 4.03. The molecule has 0 bridgehead atoms. The van der Waals surface area contributed by atoms with Gasteiger partial charge in [0.1, 0.15) is 0 Å². The molecule has 0 radical (unpaired) electrons. The lowest BCUT2D eigenvalue weighted by Gasteiger charge is -2.40. The molecule has 0 saturated heterocycles. The van der Waals surface area contributed by atoms with Gasteiger partial charge in [0.15, 0.2) is 33.6 Å². The predicted molar refractivity (Wildman–Crippen MR) is 319 cm³/mol. The van der Waals surface area contributed by atoms with Crippen LogP contribution < -0.4 is 41.5 Å². The zero-order chi connectivity index (χ0) is 61.3. The number of para-hydroxylation sites is 6. The van der Waals surface area contributed by atoms with Crippen molar-refractivity contribution < 1.29 is 17.8 Å². The van der Waals surface area contributed by atoms with E-state index in [1.165, 1.54) is 0 Å². The first kappa shape index (κ1) is 31.9. The first-order valence-electron chi connectivity index (χ1n) is 31.6. The van der Waals surface area contributed by atoms with E-state index in [9.17, 15) is 13.7 Å². The van der Waals surface area contributed by atoms with Gasteiger partial charge in [0.25, 0.3) is 0 Å². The maximum Gasteiger partial charge on any atom is 0.184 e. The molecule has 7 heteroatoms. The molecule has 5 nitrogen and oxygen atoms in total. The molecule has 2 unspecified atom stereocenters. The normalized spacial score (nSPS) is 18.7. The van der Waals surface area contributed by atoms with Crippen molar-refractivity contribution in [3.63, 3.8) is 0 Å². The SMILES string of the molecule is [2H]c1c([2H])c([2H])c(-c2nc(-c3c([2H])c([2H])c([2H])c([Si]4(c5ccccc5)c5ccccc5-n5c6ccccc6c6cccc4c65)c3[2H])nc(-c3c([2H])c([2H])c([2H])c([Si]4(c5ccccc5)c5ccccc5-n5c6ccccc6c6cccc4c65)c3[2H])n2)c([2H])c1[2H]. The molecule has 0 amide bonds. The highest BCUT2D eigenvalue weighted by atomic mass is 28.3. The zero-order valence-electron chi connectivity index (χ0n) is 53.2. The van der Waals surface area contributed by atoms with Crippen LogP contribution in [0, 0.1) is 0 Å². The van der Waals surface area contributed by atoms with Crippen LogP contribution in [0.1, 0.15) is 17.8 Å². The van der Waals surface area contributed by atoms with Gasteiger partial charge in [-0.25, -0.2) is 15.0 Å². The lowest BCUT2D eigenvalue weighted by Crippen LogP contribution is -2.76. The lowest BCUT2D eigenvalue weighted by atomic mass is 10.1. The van der Waals surface area contributed by atoms with E-state index in [0.29, 0.717) is 0 Å². The van der Waals surface area contributed by atoms with Crippen molar-refractivity contribution in [2.45, 2.75) is 0 Å². The van der Waals surface area contributed by atoms with Crippen LogP contribution in [-0.2, 0) is 0 Å². The minimum atomic E-state index is -4.06. The molecule has 14 aromatic rings. The molecular weight excluding hydrogens is 955 g/mol. The van der Waals surface area contributed by atoms with E-state index in [1.807, 2.05) is 158 Å². The highest BCUT2D eigenvalue weighted by Crippen LogP contribution is 2.38. The Morgan fingerprint density at radius 2 is 0.684 bits per heavy atom. The summed E-state index contributed by atoms with van der Waals surface area (Å²) >= 11 is 0. The Labute approximate surface area is 459 Å². The Morgan fingerprint density at radius 3 is 1.17 bits per heavy atom. The number of hydrogen-bond acceptors (Lipinski definition) is 3. The molecule has 0 spiro atoms. The molecule has 0 fully saturated rings. The van der Waals surface area contributed by atoms with Crippen LogP contribution in [0.5, 0.6) is 0 Å². The fraction of sp³-hybridized carbons (Fsp3) is 0. The van der Waals surface area contributed by atoms with Crippen LogP contribution in [0.15, 0.2) is 273 Å². The minimum absolute atomic E-state index is 0.137. The minimum Gasteiger partial charge on any atom is -0.309 e. The van der Waals surface area contributed by atoms with Gasteiger partial charge in [-0.15, -0.1) is 0 Å². The summed E-state index contributed by atoms with van der Waals surface area (Å²) in [4.78, 5) is 14.8. The van der Waals surface area contributed by atoms with Crippen molar-refractivity contribution in [1.29, 1.82) is 0 Å². The molecule has 2 aliphatic rings. The molecule has 11 aromatic carbocycles. The summed E-state index contributed by atoms with van der Waals surface area (Å²) in [5.74, 6) is -1.50. The van der Waals surface area contributed by atoms with Gasteiger partial charge in [-0.1, -0.05) is 248 Å². The molecule has 354 valence electrons. The van der Waals surface area contributed by atoms with Crippen LogP contribution in [0.2, 0.25) is 0 Å². The van der Waals surface area contributed by atoms with Gasteiger partial charge in [0, 0.05) is 49.6 Å². The lowest BCUT2D eigenvalue weighted by molar-refractivity contribution is 1.07. The largest absolute Gasteiger partial charge is 0.309 e. The number of benzene rings is 11. The Hall–Kier alpha value is -9.54. The van der Waals surface area contributed by atoms with E-state index in [0.717, 1.165) is 86.1 Å². The van der Waals surface area contributed by atoms with E-state index in [2.05, 4.69) is 45.5 Å². The number of fused-ring (bicyclic) bond motifs is 10. The second-order valence-electron chi connectivity index (χ2n) is 19.2. The number of rotatable bonds is 7. The van der Waals surface area contributed by atoms with Crippen LogP contribution in [0.3, 0.4) is 0 Å². The third-order valence-corrected chi connectivity index (χ3v) is 24.8. The van der Waals surface area contributed by atoms with Gasteiger partial charge in [0.2, 0.25) is 0 Å². The first-order chi connectivity index (χ1) is 43.1. The average Bonchev–Trinajstić information content (AvgIpc) is 1.68. The fourth-order valence-corrected chi connectivity index (χ4v) is 22.3. The standard InChI is InChI=1S/C69H45N5Si2/c1-4-22-46(23-5-1)67-70-68(47-24-18-30-51(44-47)75(49-26-6-2-7-27-49)61-40-16-14-38-59(61)73-57-36-12-10-32-53(57)55-34-20-42-63(75)65(55)73)72-69(71-67)48-25-19-31-52(45-48)76(50-28-8-3-9-29-50)62-41-17-15-39-60(62)74-58-37-13-11-33-54(58)56-35-21-43-64(76)66(56)74/h1-45H/i1D,4D,5D,18D,19D,22D,23D,24D,25D,30D,31D,44D,45D. The molecule has 3 aromatic heterocycles. The van der Waals surface area contributed by atoms with Crippen molar-refractivity contribution >= 4 is 101 Å². The second-order valence-corrected chi connectivity index (χ2v) is 26.5. The van der Waals surface area contributed by atoms with E-state index >= 15 is 0 Å². The van der Waals surface area contributed by atoms with Crippen molar-refractivity contribution in [2.24, 2.45) is 0 Å². The number of hydrogen-bond donors (Lipinski definition) is 0. The summed E-state index contributed by atoms with van der Waals surface area (Å²) < 4.78 is 131. The third kappa shape index (κ3) is 5.86. The quantitative estimate of drug-likeness (QED) is 0.150. The molecule has 0 aliphatic carbocycles. The maximum atomic E-state index is 10.8. The summed E-state index contributed by atoms with van der Waals surface area (Å²) in [7, 11) is -8.12. The van der Waals surface area contributed by atoms with E-state index < -0.39 is 93.6 Å². The predicted octanol–water partition coefficient (Wildman–Crippen LogP) is 10.4. The Bertz CT molecular complexity index is 5140. The molecule has 2 aliphatic heterocycles. The van der Waals surface area contributed by atoms with Crippen LogP contribution in [-0.4, -0.2) is 40.2 Å². The summed E-state index contributed by atoms with van der Waals surface area (Å²) in [6.07, 6.45) is 0. The third-order valence-electron chi connectivity index (χ3n) is 15.5. The summed E-state index contributed by atoms with van der Waals surface area (Å²) in [5, 5.41) is 8.90. The van der Waals surface area contributed by atoms with Gasteiger partial charge in [0.05, 0.1) is 39.9 Å². The molecule has 16 rings (SSSR count). The van der Waals surface area contributed by atoms with Crippen molar-refractivity contribution in [3.05, 3.63) is 273 Å².